The average molecular weight is 467 g/mol. The van der Waals surface area contributed by atoms with Gasteiger partial charge in [0.15, 0.2) is 0 Å². The highest BCUT2D eigenvalue weighted by molar-refractivity contribution is 7.13. The van der Waals surface area contributed by atoms with Crippen molar-refractivity contribution in [3.63, 3.8) is 0 Å². The Labute approximate surface area is 196 Å². The predicted octanol–water partition coefficient (Wildman–Crippen LogP) is 1.20. The fourth-order valence-electron chi connectivity index (χ4n) is 4.87. The molecule has 2 aromatic rings. The Morgan fingerprint density at radius 1 is 1.18 bits per heavy atom. The summed E-state index contributed by atoms with van der Waals surface area (Å²) >= 11 is 1.64. The van der Waals surface area contributed by atoms with Gasteiger partial charge in [0.25, 0.3) is 5.56 Å². The highest BCUT2D eigenvalue weighted by Crippen LogP contribution is 2.39. The molecular formula is C24H30N6O2S. The Balaban J connectivity index is 1.46. The number of nitrogens with zero attached hydrogens (tertiary/aromatic N) is 3. The number of fused-ring (bicyclic) bond motifs is 1. The molecule has 6 rings (SSSR count). The first-order valence-electron chi connectivity index (χ1n) is 12.1. The van der Waals surface area contributed by atoms with Crippen LogP contribution in [-0.4, -0.2) is 60.4 Å². The van der Waals surface area contributed by atoms with Crippen LogP contribution in [0.3, 0.4) is 0 Å². The zero-order chi connectivity index (χ0) is 22.2. The van der Waals surface area contributed by atoms with Crippen molar-refractivity contribution in [1.82, 2.24) is 20.3 Å². The Morgan fingerprint density at radius 2 is 2.06 bits per heavy atom. The number of aromatic nitrogens is 3. The fraction of sp³-hybridized carbons (Fsp3) is 0.542. The van der Waals surface area contributed by atoms with Gasteiger partial charge in [-0.25, -0.2) is 4.98 Å². The third-order valence-electron chi connectivity index (χ3n) is 6.81. The van der Waals surface area contributed by atoms with Gasteiger partial charge in [-0.2, -0.15) is 4.98 Å². The summed E-state index contributed by atoms with van der Waals surface area (Å²) in [5, 5.41) is 8.77. The van der Waals surface area contributed by atoms with Crippen LogP contribution >= 0.6 is 11.3 Å². The lowest BCUT2D eigenvalue weighted by atomic mass is 10.1. The lowest BCUT2D eigenvalue weighted by Gasteiger charge is -2.29. The van der Waals surface area contributed by atoms with Gasteiger partial charge in [-0.3, -0.25) is 9.78 Å². The van der Waals surface area contributed by atoms with E-state index < -0.39 is 0 Å². The molecule has 8 nitrogen and oxygen atoms in total. The number of piperidine rings is 1. The number of hydrogen-bond donors (Lipinski definition) is 3. The topological polar surface area (TPSA) is 95.2 Å². The van der Waals surface area contributed by atoms with Gasteiger partial charge in [-0.05, 0) is 56.2 Å². The van der Waals surface area contributed by atoms with Crippen molar-refractivity contribution >= 4 is 34.8 Å². The van der Waals surface area contributed by atoms with E-state index in [0.29, 0.717) is 36.5 Å². The van der Waals surface area contributed by atoms with Crippen LogP contribution in [0.5, 0.6) is 0 Å². The Bertz CT molecular complexity index is 1230. The molecule has 2 saturated heterocycles. The molecule has 0 aromatic carbocycles. The van der Waals surface area contributed by atoms with Crippen LogP contribution in [0.25, 0.3) is 22.2 Å². The third kappa shape index (κ3) is 4.37. The zero-order valence-electron chi connectivity index (χ0n) is 18.7. The summed E-state index contributed by atoms with van der Waals surface area (Å²) in [6, 6.07) is 0.241. The van der Waals surface area contributed by atoms with Crippen molar-refractivity contribution in [3.8, 4) is 10.6 Å². The van der Waals surface area contributed by atoms with E-state index in [0.717, 1.165) is 55.8 Å². The molecule has 1 saturated carbocycles. The highest BCUT2D eigenvalue weighted by atomic mass is 32.1. The summed E-state index contributed by atoms with van der Waals surface area (Å²) in [6.45, 7) is 4.63. The molecular weight excluding hydrogens is 436 g/mol. The second-order valence-electron chi connectivity index (χ2n) is 9.23. The number of anilines is 2. The van der Waals surface area contributed by atoms with E-state index in [9.17, 15) is 4.79 Å². The second-order valence-corrected chi connectivity index (χ2v) is 10.2. The molecule has 0 bridgehead atoms. The summed E-state index contributed by atoms with van der Waals surface area (Å²) in [4.78, 5) is 28.5. The Morgan fingerprint density at radius 3 is 2.85 bits per heavy atom. The highest BCUT2D eigenvalue weighted by Gasteiger charge is 2.28. The van der Waals surface area contributed by atoms with Gasteiger partial charge in [-0.1, -0.05) is 12.2 Å². The quantitative estimate of drug-likeness (QED) is 0.609. The minimum atomic E-state index is -0.134. The van der Waals surface area contributed by atoms with Gasteiger partial charge in [0.05, 0.1) is 23.1 Å². The van der Waals surface area contributed by atoms with E-state index in [-0.39, 0.29) is 11.6 Å². The van der Waals surface area contributed by atoms with Crippen LogP contribution in [0.4, 0.5) is 11.8 Å². The van der Waals surface area contributed by atoms with Crippen LogP contribution in [0.15, 0.2) is 16.9 Å². The first-order valence-corrected chi connectivity index (χ1v) is 12.9. The summed E-state index contributed by atoms with van der Waals surface area (Å²) in [5.74, 6) is 1.91. The molecule has 4 heterocycles. The number of allylic oxidation sites excluding steroid dienone is 2. The summed E-state index contributed by atoms with van der Waals surface area (Å²) in [7, 11) is 0. The average Bonchev–Trinajstić information content (AvgIpc) is 3.63. The van der Waals surface area contributed by atoms with E-state index in [1.807, 2.05) is 0 Å². The SMILES string of the molecule is O=c1[nH]c(N2CCOCC2)nc(NC2CCCNC2)c1-c1nc2c(s1)=C(C1CC1)CC=CC=2. The monoisotopic (exact) mass is 466 g/mol. The van der Waals surface area contributed by atoms with Crippen molar-refractivity contribution in [2.45, 2.75) is 38.1 Å². The molecule has 1 unspecified atom stereocenters. The zero-order valence-corrected chi connectivity index (χ0v) is 19.5. The lowest BCUT2D eigenvalue weighted by molar-refractivity contribution is 0.122. The van der Waals surface area contributed by atoms with Gasteiger partial charge in [0.1, 0.15) is 16.4 Å². The van der Waals surface area contributed by atoms with Gasteiger partial charge in [0, 0.05) is 25.7 Å². The van der Waals surface area contributed by atoms with E-state index in [1.165, 1.54) is 22.9 Å². The summed E-state index contributed by atoms with van der Waals surface area (Å²) in [6.07, 6.45) is 12.0. The molecule has 1 atom stereocenters. The van der Waals surface area contributed by atoms with Gasteiger partial charge >= 0.3 is 0 Å². The van der Waals surface area contributed by atoms with Crippen molar-refractivity contribution < 1.29 is 4.74 Å². The first kappa shape index (κ1) is 21.1. The molecule has 0 amide bonds. The minimum Gasteiger partial charge on any atom is -0.378 e. The Kier molecular flexibility index (Phi) is 5.77. The number of nitrogens with one attached hydrogen (secondary N) is 3. The number of aromatic amines is 1. The summed E-state index contributed by atoms with van der Waals surface area (Å²) < 4.78 is 6.72. The fourth-order valence-corrected chi connectivity index (χ4v) is 6.10. The molecule has 174 valence electrons. The molecule has 3 fully saturated rings. The predicted molar refractivity (Wildman–Crippen MR) is 132 cm³/mol. The third-order valence-corrected chi connectivity index (χ3v) is 7.98. The van der Waals surface area contributed by atoms with Crippen molar-refractivity contribution in [1.29, 1.82) is 0 Å². The van der Waals surface area contributed by atoms with Crippen molar-refractivity contribution in [2.24, 2.45) is 5.92 Å². The molecule has 2 aliphatic heterocycles. The smallest absolute Gasteiger partial charge is 0.264 e. The normalized spacial score (nSPS) is 23.1. The van der Waals surface area contributed by atoms with E-state index in [4.69, 9.17) is 14.7 Å². The summed E-state index contributed by atoms with van der Waals surface area (Å²) in [5.41, 5.74) is 1.90. The number of rotatable bonds is 5. The van der Waals surface area contributed by atoms with E-state index in [2.05, 4.69) is 38.7 Å². The molecule has 33 heavy (non-hydrogen) atoms. The second kappa shape index (κ2) is 9.04. The molecule has 3 N–H and O–H groups in total. The number of thiazole rings is 1. The van der Waals surface area contributed by atoms with Crippen LogP contribution in [0.1, 0.15) is 32.1 Å². The van der Waals surface area contributed by atoms with Crippen molar-refractivity contribution in [2.75, 3.05) is 49.6 Å². The molecule has 4 aliphatic rings. The molecule has 0 radical (unpaired) electrons. The maximum Gasteiger partial charge on any atom is 0.264 e. The van der Waals surface area contributed by atoms with Gasteiger partial charge < -0.3 is 20.3 Å². The maximum absolute atomic E-state index is 13.5. The van der Waals surface area contributed by atoms with Crippen LogP contribution in [-0.2, 0) is 4.74 Å². The molecule has 2 aromatic heterocycles. The molecule has 2 aliphatic carbocycles. The lowest BCUT2D eigenvalue weighted by Crippen LogP contribution is -2.40. The standard InChI is InChI=1S/C24H30N6O2S/c31-22-19(23-27-18-6-2-1-5-17(15-7-8-15)20(18)33-23)21(26-16-4-3-9-25-14-16)28-24(29-22)30-10-12-32-13-11-30/h1-2,6,15-16,25H,3-5,7-14H2,(H2,26,28,29,31). The first-order chi connectivity index (χ1) is 16.3. The van der Waals surface area contributed by atoms with Crippen LogP contribution < -0.4 is 31.0 Å². The van der Waals surface area contributed by atoms with Crippen LogP contribution in [0.2, 0.25) is 0 Å². The number of hydrogen-bond acceptors (Lipinski definition) is 8. The Hall–Kier alpha value is -2.49. The van der Waals surface area contributed by atoms with E-state index in [1.54, 1.807) is 11.3 Å². The van der Waals surface area contributed by atoms with Crippen molar-refractivity contribution in [3.05, 3.63) is 32.4 Å². The minimum absolute atomic E-state index is 0.134. The van der Waals surface area contributed by atoms with Gasteiger partial charge in [0.2, 0.25) is 5.95 Å². The number of ether oxygens (including phenoxy) is 1. The molecule has 0 spiro atoms. The maximum atomic E-state index is 13.5. The van der Waals surface area contributed by atoms with Gasteiger partial charge in [-0.15, -0.1) is 11.3 Å². The van der Waals surface area contributed by atoms with E-state index >= 15 is 0 Å². The molecule has 9 heteroatoms. The largest absolute Gasteiger partial charge is 0.378 e. The number of morpholine rings is 1. The van der Waals surface area contributed by atoms with Crippen LogP contribution in [0, 0.1) is 5.92 Å². The number of H-pyrrole nitrogens is 1.